The predicted molar refractivity (Wildman–Crippen MR) is 112 cm³/mol. The molecule has 0 heterocycles. The molecule has 0 spiro atoms. The summed E-state index contributed by atoms with van der Waals surface area (Å²) in [6, 6.07) is 30.4. The summed E-state index contributed by atoms with van der Waals surface area (Å²) in [5.41, 5.74) is 0. The van der Waals surface area contributed by atoms with Gasteiger partial charge in [0.1, 0.15) is 0 Å². The van der Waals surface area contributed by atoms with Crippen LogP contribution in [0.1, 0.15) is 0 Å². The fourth-order valence-electron chi connectivity index (χ4n) is 3.88. The van der Waals surface area contributed by atoms with E-state index in [0.29, 0.717) is 0 Å². The zero-order valence-electron chi connectivity index (χ0n) is 13.8. The Hall–Kier alpha value is -2.16. The first-order valence-electron chi connectivity index (χ1n) is 8.52. The van der Waals surface area contributed by atoms with Crippen LogP contribution in [0.2, 0.25) is 0 Å². The molecule has 0 saturated heterocycles. The quantitative estimate of drug-likeness (QED) is 0.241. The van der Waals surface area contributed by atoms with Crippen molar-refractivity contribution in [3.8, 4) is 0 Å². The third-order valence-corrected chi connectivity index (χ3v) is 7.03. The summed E-state index contributed by atoms with van der Waals surface area (Å²) in [5.74, 6) is 0. The largest absolute Gasteiger partial charge is 0.0616 e. The number of halogens is 2. The number of hydrogen-bond acceptors (Lipinski definition) is 0. The minimum Gasteiger partial charge on any atom is -0.0616 e. The first-order valence-corrected chi connectivity index (χ1v) is 10.1. The summed E-state index contributed by atoms with van der Waals surface area (Å²) in [5, 5.41) is 10.1. The second-order valence-electron chi connectivity index (χ2n) is 6.42. The maximum atomic E-state index is 3.84. The Morgan fingerprint density at radius 2 is 0.769 bits per heavy atom. The standard InChI is InChI=1S/C24H14Br2/c25-22-14-13-21-19-11-4-3-9-17(19)15-7-1-2-8-16(15)18-10-5-6-12-20(18)23(21)24(22)26/h1-14H/b17-15-,18-16-,21-19-,23-20+. The lowest BCUT2D eigenvalue weighted by molar-refractivity contribution is 1.27. The third-order valence-electron chi connectivity index (χ3n) is 5.02. The maximum absolute atomic E-state index is 3.84. The zero-order chi connectivity index (χ0) is 17.7. The van der Waals surface area contributed by atoms with E-state index in [2.05, 4.69) is 117 Å². The van der Waals surface area contributed by atoms with E-state index in [1.54, 1.807) is 0 Å². The van der Waals surface area contributed by atoms with E-state index in [4.69, 9.17) is 0 Å². The van der Waals surface area contributed by atoms with Gasteiger partial charge in [0.15, 0.2) is 0 Å². The third kappa shape index (κ3) is 2.33. The van der Waals surface area contributed by atoms with E-state index in [0.717, 1.165) is 8.95 Å². The molecule has 1 aliphatic rings. The Balaban J connectivity index is 2.48. The first-order chi connectivity index (χ1) is 12.8. The van der Waals surface area contributed by atoms with Crippen molar-refractivity contribution in [1.82, 2.24) is 0 Å². The minimum absolute atomic E-state index is 1.07. The fourth-order valence-corrected chi connectivity index (χ4v) is 4.77. The van der Waals surface area contributed by atoms with Crippen molar-refractivity contribution in [2.45, 2.75) is 0 Å². The molecular weight excluding hydrogens is 448 g/mol. The van der Waals surface area contributed by atoms with Crippen LogP contribution in [0.25, 0.3) is 0 Å². The summed E-state index contributed by atoms with van der Waals surface area (Å²) in [6.07, 6.45) is 0. The summed E-state index contributed by atoms with van der Waals surface area (Å²) in [4.78, 5) is 0. The molecule has 4 aromatic carbocycles. The van der Waals surface area contributed by atoms with Gasteiger partial charge in [0.25, 0.3) is 0 Å². The second-order valence-corrected chi connectivity index (χ2v) is 8.07. The zero-order valence-corrected chi connectivity index (χ0v) is 17.0. The summed E-state index contributed by atoms with van der Waals surface area (Å²) < 4.78 is 2.16. The molecule has 0 radical (unpaired) electrons. The molecule has 1 aliphatic carbocycles. The molecule has 26 heavy (non-hydrogen) atoms. The van der Waals surface area contributed by atoms with Crippen LogP contribution in [0.5, 0.6) is 0 Å². The Bertz CT molecular complexity index is 1550. The average molecular weight is 462 g/mol. The molecule has 0 aliphatic heterocycles. The van der Waals surface area contributed by atoms with Crippen LogP contribution in [0.4, 0.5) is 0 Å². The minimum atomic E-state index is 1.07. The van der Waals surface area contributed by atoms with Gasteiger partial charge >= 0.3 is 0 Å². The smallest absolute Gasteiger partial charge is 0.0402 e. The fraction of sp³-hybridized carbons (Fsp3) is 0. The van der Waals surface area contributed by atoms with Crippen molar-refractivity contribution in [3.63, 3.8) is 0 Å². The topological polar surface area (TPSA) is 0 Å². The van der Waals surface area contributed by atoms with Crippen LogP contribution < -0.4 is 0 Å². The normalized spacial score (nSPS) is 17.0. The van der Waals surface area contributed by atoms with Gasteiger partial charge in [0, 0.05) is 14.2 Å². The van der Waals surface area contributed by atoms with Crippen LogP contribution in [0.3, 0.4) is 0 Å². The van der Waals surface area contributed by atoms with Gasteiger partial charge in [-0.15, -0.1) is 0 Å². The van der Waals surface area contributed by atoms with E-state index >= 15 is 0 Å². The molecule has 0 fully saturated rings. The molecule has 0 unspecified atom stereocenters. The highest BCUT2D eigenvalue weighted by atomic mass is 79.9. The van der Waals surface area contributed by atoms with Crippen LogP contribution in [0.15, 0.2) is 93.9 Å². The average Bonchev–Trinajstić information content (AvgIpc) is 2.69. The Morgan fingerprint density at radius 1 is 0.385 bits per heavy atom. The first kappa shape index (κ1) is 16.0. The number of benzene rings is 4. The second kappa shape index (κ2) is 6.22. The van der Waals surface area contributed by atoms with Gasteiger partial charge in [-0.3, -0.25) is 0 Å². The Kier molecular flexibility index (Phi) is 3.84. The molecule has 0 atom stereocenters. The molecule has 0 nitrogen and oxygen atoms in total. The Morgan fingerprint density at radius 3 is 1.27 bits per heavy atom. The highest BCUT2D eigenvalue weighted by Crippen LogP contribution is 2.26. The number of rotatable bonds is 0. The predicted octanol–water partition coefficient (Wildman–Crippen LogP) is 6.67. The van der Waals surface area contributed by atoms with Crippen LogP contribution in [-0.2, 0) is 0 Å². The monoisotopic (exact) mass is 460 g/mol. The summed E-state index contributed by atoms with van der Waals surface area (Å²) in [6.45, 7) is 0. The summed E-state index contributed by atoms with van der Waals surface area (Å²) >= 11 is 7.54. The van der Waals surface area contributed by atoms with E-state index < -0.39 is 0 Å². The van der Waals surface area contributed by atoms with Crippen LogP contribution in [0, 0.1) is 41.7 Å². The van der Waals surface area contributed by atoms with Crippen LogP contribution in [-0.4, -0.2) is 0 Å². The summed E-state index contributed by atoms with van der Waals surface area (Å²) in [7, 11) is 0. The highest BCUT2D eigenvalue weighted by molar-refractivity contribution is 9.13. The van der Waals surface area contributed by atoms with Gasteiger partial charge in [-0.05, 0) is 74.5 Å². The van der Waals surface area contributed by atoms with Crippen molar-refractivity contribution in [2.75, 3.05) is 0 Å². The molecule has 124 valence electrons. The molecule has 0 saturated carbocycles. The SMILES string of the molecule is Brc1ccc2/c(c1Br)=c1/cccc/c1=c1\cccc\c1=c1/cccc/c1=2. The van der Waals surface area contributed by atoms with Crippen molar-refractivity contribution in [1.29, 1.82) is 0 Å². The van der Waals surface area contributed by atoms with Gasteiger partial charge in [-0.1, -0.05) is 78.9 Å². The number of hydrogen-bond donors (Lipinski definition) is 0. The Labute approximate surface area is 167 Å². The van der Waals surface area contributed by atoms with Gasteiger partial charge in [0.2, 0.25) is 0 Å². The maximum Gasteiger partial charge on any atom is 0.0402 e. The van der Waals surface area contributed by atoms with E-state index in [-0.39, 0.29) is 0 Å². The highest BCUT2D eigenvalue weighted by Gasteiger charge is 2.05. The van der Waals surface area contributed by atoms with Crippen molar-refractivity contribution < 1.29 is 0 Å². The lowest BCUT2D eigenvalue weighted by Gasteiger charge is -2.05. The van der Waals surface area contributed by atoms with Gasteiger partial charge in [0.05, 0.1) is 0 Å². The van der Waals surface area contributed by atoms with E-state index in [9.17, 15) is 0 Å². The molecule has 0 aromatic heterocycles. The van der Waals surface area contributed by atoms with Gasteiger partial charge < -0.3 is 0 Å². The van der Waals surface area contributed by atoms with Crippen molar-refractivity contribution >= 4 is 31.9 Å². The lowest BCUT2D eigenvalue weighted by atomic mass is 10.0. The van der Waals surface area contributed by atoms with Gasteiger partial charge in [-0.25, -0.2) is 0 Å². The van der Waals surface area contributed by atoms with E-state index in [1.807, 2.05) is 0 Å². The van der Waals surface area contributed by atoms with Crippen molar-refractivity contribution in [3.05, 3.63) is 136 Å². The lowest BCUT2D eigenvalue weighted by Crippen LogP contribution is -1.90. The molecule has 0 bridgehead atoms. The molecule has 5 rings (SSSR count). The van der Waals surface area contributed by atoms with Crippen LogP contribution >= 0.6 is 31.9 Å². The molecule has 4 aromatic rings. The number of fused-ring (bicyclic) bond motifs is 4. The van der Waals surface area contributed by atoms with Crippen molar-refractivity contribution in [2.24, 2.45) is 0 Å². The molecule has 2 heteroatoms. The van der Waals surface area contributed by atoms with Gasteiger partial charge in [-0.2, -0.15) is 0 Å². The van der Waals surface area contributed by atoms with E-state index in [1.165, 1.54) is 41.7 Å². The molecule has 0 N–H and O–H groups in total. The molecular formula is C24H14Br2. The molecule has 0 amide bonds.